The smallest absolute Gasteiger partial charge is 0.119 e. The molecule has 1 unspecified atom stereocenters. The van der Waals surface area contributed by atoms with Gasteiger partial charge in [-0.1, -0.05) is 32.0 Å². The Morgan fingerprint density at radius 3 is 2.62 bits per heavy atom. The molecular formula is C23H28N2O. The fourth-order valence-corrected chi connectivity index (χ4v) is 4.08. The van der Waals surface area contributed by atoms with Gasteiger partial charge in [-0.25, -0.2) is 0 Å². The first-order chi connectivity index (χ1) is 12.5. The molecular weight excluding hydrogens is 320 g/mol. The van der Waals surface area contributed by atoms with E-state index in [1.165, 1.54) is 38.9 Å². The Bertz CT molecular complexity index is 922. The maximum absolute atomic E-state index is 5.83. The number of hydrogen-bond acceptors (Lipinski definition) is 2. The minimum atomic E-state index is 0.213. The summed E-state index contributed by atoms with van der Waals surface area (Å²) in [5, 5.41) is 5.10. The number of aryl methyl sites for hydroxylation is 2. The SMILES string of the molecule is Cc1cc(C)c2c3c([nH]c2c1)C(c1ccc(OCC(C)C)cc1)NCC3. The molecule has 2 heterocycles. The number of H-pyrrole nitrogens is 1. The molecule has 1 aromatic heterocycles. The normalized spacial score (nSPS) is 16.9. The van der Waals surface area contributed by atoms with Gasteiger partial charge < -0.3 is 15.0 Å². The van der Waals surface area contributed by atoms with E-state index in [0.717, 1.165) is 25.3 Å². The van der Waals surface area contributed by atoms with E-state index in [9.17, 15) is 0 Å². The zero-order valence-corrected chi connectivity index (χ0v) is 16.1. The third kappa shape index (κ3) is 3.12. The van der Waals surface area contributed by atoms with Crippen molar-refractivity contribution in [3.8, 4) is 5.75 Å². The number of benzene rings is 2. The molecule has 1 aliphatic heterocycles. The predicted octanol–water partition coefficient (Wildman–Crippen LogP) is 5.05. The largest absolute Gasteiger partial charge is 0.493 e. The minimum absolute atomic E-state index is 0.213. The molecule has 2 aromatic carbocycles. The minimum Gasteiger partial charge on any atom is -0.493 e. The molecule has 1 atom stereocenters. The van der Waals surface area contributed by atoms with E-state index in [2.05, 4.69) is 74.4 Å². The first-order valence-electron chi connectivity index (χ1n) is 9.60. The average Bonchev–Trinajstić information content (AvgIpc) is 2.98. The first-order valence-corrected chi connectivity index (χ1v) is 9.60. The predicted molar refractivity (Wildman–Crippen MR) is 108 cm³/mol. The number of nitrogens with one attached hydrogen (secondary N) is 2. The Balaban J connectivity index is 1.69. The summed E-state index contributed by atoms with van der Waals surface area (Å²) >= 11 is 0. The molecule has 0 aliphatic carbocycles. The molecule has 1 aliphatic rings. The van der Waals surface area contributed by atoms with E-state index in [1.54, 1.807) is 0 Å². The molecule has 0 amide bonds. The van der Waals surface area contributed by atoms with E-state index in [1.807, 2.05) is 0 Å². The first kappa shape index (κ1) is 17.2. The number of aromatic amines is 1. The van der Waals surface area contributed by atoms with Gasteiger partial charge in [-0.3, -0.25) is 0 Å². The summed E-state index contributed by atoms with van der Waals surface area (Å²) in [7, 11) is 0. The van der Waals surface area contributed by atoms with Crippen LogP contribution in [-0.4, -0.2) is 18.1 Å². The number of ether oxygens (including phenoxy) is 1. The van der Waals surface area contributed by atoms with Crippen LogP contribution in [0, 0.1) is 19.8 Å². The standard InChI is InChI=1S/C23H28N2O/c1-14(2)13-26-18-7-5-17(6-8-18)22-23-19(9-10-24-22)21-16(4)11-15(3)12-20(21)25-23/h5-8,11-12,14,22,24-25H,9-10,13H2,1-4H3. The summed E-state index contributed by atoms with van der Waals surface area (Å²) in [4.78, 5) is 3.71. The number of fused-ring (bicyclic) bond motifs is 3. The second kappa shape index (κ2) is 6.81. The van der Waals surface area contributed by atoms with E-state index in [4.69, 9.17) is 4.74 Å². The van der Waals surface area contributed by atoms with E-state index in [-0.39, 0.29) is 6.04 Å². The Kier molecular flexibility index (Phi) is 4.49. The van der Waals surface area contributed by atoms with Gasteiger partial charge in [-0.05, 0) is 66.6 Å². The fraction of sp³-hybridized carbons (Fsp3) is 0.391. The molecule has 0 fully saturated rings. The van der Waals surface area contributed by atoms with Crippen LogP contribution in [0.5, 0.6) is 5.75 Å². The van der Waals surface area contributed by atoms with Crippen LogP contribution < -0.4 is 10.1 Å². The third-order valence-corrected chi connectivity index (χ3v) is 5.18. The van der Waals surface area contributed by atoms with E-state index < -0.39 is 0 Å². The van der Waals surface area contributed by atoms with Gasteiger partial charge in [0.15, 0.2) is 0 Å². The van der Waals surface area contributed by atoms with Crippen molar-refractivity contribution in [1.82, 2.24) is 10.3 Å². The van der Waals surface area contributed by atoms with E-state index in [0.29, 0.717) is 5.92 Å². The van der Waals surface area contributed by atoms with E-state index >= 15 is 0 Å². The number of aromatic nitrogens is 1. The second-order valence-electron chi connectivity index (χ2n) is 7.93. The molecule has 136 valence electrons. The molecule has 0 bridgehead atoms. The lowest BCUT2D eigenvalue weighted by molar-refractivity contribution is 0.271. The molecule has 0 saturated carbocycles. The highest BCUT2D eigenvalue weighted by Crippen LogP contribution is 2.35. The Hall–Kier alpha value is -2.26. The van der Waals surface area contributed by atoms with Crippen molar-refractivity contribution in [2.75, 3.05) is 13.2 Å². The Morgan fingerprint density at radius 1 is 1.12 bits per heavy atom. The lowest BCUT2D eigenvalue weighted by atomic mass is 9.93. The zero-order valence-electron chi connectivity index (χ0n) is 16.1. The van der Waals surface area contributed by atoms with Gasteiger partial charge in [0, 0.05) is 23.1 Å². The average molecular weight is 348 g/mol. The molecule has 0 spiro atoms. The Labute approximate surface area is 155 Å². The summed E-state index contributed by atoms with van der Waals surface area (Å²) in [5.41, 5.74) is 8.01. The lowest BCUT2D eigenvalue weighted by Crippen LogP contribution is -2.30. The summed E-state index contributed by atoms with van der Waals surface area (Å²) in [5.74, 6) is 1.48. The van der Waals surface area contributed by atoms with Crippen molar-refractivity contribution in [2.24, 2.45) is 5.92 Å². The molecule has 3 heteroatoms. The molecule has 26 heavy (non-hydrogen) atoms. The van der Waals surface area contributed by atoms with Gasteiger partial charge in [-0.15, -0.1) is 0 Å². The monoisotopic (exact) mass is 348 g/mol. The molecule has 3 aromatic rings. The summed E-state index contributed by atoms with van der Waals surface area (Å²) in [6, 6.07) is 13.3. The summed E-state index contributed by atoms with van der Waals surface area (Å²) < 4.78 is 5.83. The Morgan fingerprint density at radius 2 is 1.88 bits per heavy atom. The van der Waals surface area contributed by atoms with Crippen molar-refractivity contribution < 1.29 is 4.74 Å². The summed E-state index contributed by atoms with van der Waals surface area (Å²) in [6.45, 7) is 10.5. The lowest BCUT2D eigenvalue weighted by Gasteiger charge is -2.25. The highest BCUT2D eigenvalue weighted by Gasteiger charge is 2.25. The van der Waals surface area contributed by atoms with Gasteiger partial charge in [-0.2, -0.15) is 0 Å². The maximum atomic E-state index is 5.83. The van der Waals surface area contributed by atoms with Crippen LogP contribution >= 0.6 is 0 Å². The zero-order chi connectivity index (χ0) is 18.3. The number of hydrogen-bond donors (Lipinski definition) is 2. The summed E-state index contributed by atoms with van der Waals surface area (Å²) in [6.07, 6.45) is 1.07. The van der Waals surface area contributed by atoms with Gasteiger partial charge in [0.25, 0.3) is 0 Å². The topological polar surface area (TPSA) is 37.0 Å². The maximum Gasteiger partial charge on any atom is 0.119 e. The van der Waals surface area contributed by atoms with Crippen molar-refractivity contribution in [1.29, 1.82) is 0 Å². The highest BCUT2D eigenvalue weighted by molar-refractivity contribution is 5.89. The molecule has 0 saturated heterocycles. The van der Waals surface area contributed by atoms with Crippen molar-refractivity contribution in [3.05, 3.63) is 64.3 Å². The second-order valence-corrected chi connectivity index (χ2v) is 7.93. The molecule has 2 N–H and O–H groups in total. The van der Waals surface area contributed by atoms with Gasteiger partial charge in [0.1, 0.15) is 5.75 Å². The molecule has 3 nitrogen and oxygen atoms in total. The van der Waals surface area contributed by atoms with Crippen LogP contribution in [-0.2, 0) is 6.42 Å². The van der Waals surface area contributed by atoms with Crippen LogP contribution in [0.4, 0.5) is 0 Å². The van der Waals surface area contributed by atoms with Crippen LogP contribution in [0.3, 0.4) is 0 Å². The van der Waals surface area contributed by atoms with Gasteiger partial charge in [0.05, 0.1) is 12.6 Å². The number of rotatable bonds is 4. The van der Waals surface area contributed by atoms with Crippen LogP contribution in [0.25, 0.3) is 10.9 Å². The highest BCUT2D eigenvalue weighted by atomic mass is 16.5. The quantitative estimate of drug-likeness (QED) is 0.692. The van der Waals surface area contributed by atoms with Crippen molar-refractivity contribution >= 4 is 10.9 Å². The van der Waals surface area contributed by atoms with Crippen molar-refractivity contribution in [2.45, 2.75) is 40.2 Å². The van der Waals surface area contributed by atoms with Gasteiger partial charge in [0.2, 0.25) is 0 Å². The van der Waals surface area contributed by atoms with Crippen LogP contribution in [0.15, 0.2) is 36.4 Å². The fourth-order valence-electron chi connectivity index (χ4n) is 4.08. The van der Waals surface area contributed by atoms with Crippen LogP contribution in [0.2, 0.25) is 0 Å². The van der Waals surface area contributed by atoms with Crippen molar-refractivity contribution in [3.63, 3.8) is 0 Å². The molecule has 4 rings (SSSR count). The van der Waals surface area contributed by atoms with Crippen LogP contribution in [0.1, 0.15) is 47.8 Å². The van der Waals surface area contributed by atoms with Gasteiger partial charge >= 0.3 is 0 Å². The molecule has 0 radical (unpaired) electrons. The third-order valence-electron chi connectivity index (χ3n) is 5.18.